The smallest absolute Gasteiger partial charge is 0.262 e. The molecule has 29 heavy (non-hydrogen) atoms. The minimum Gasteiger partial charge on any atom is -0.483 e. The Bertz CT molecular complexity index is 960. The lowest BCUT2D eigenvalue weighted by Gasteiger charge is -2.22. The summed E-state index contributed by atoms with van der Waals surface area (Å²) in [6.45, 7) is 2.00. The highest BCUT2D eigenvalue weighted by Crippen LogP contribution is 2.30. The van der Waals surface area contributed by atoms with Gasteiger partial charge in [-0.25, -0.2) is 0 Å². The molecule has 1 N–H and O–H groups in total. The molecule has 1 fully saturated rings. The zero-order valence-electron chi connectivity index (χ0n) is 16.6. The zero-order chi connectivity index (χ0) is 20.1. The number of aryl methyl sites for hydroxylation is 1. The first-order valence-electron chi connectivity index (χ1n) is 10.1. The summed E-state index contributed by atoms with van der Waals surface area (Å²) in [5.74, 6) is 1.33. The fourth-order valence-corrected chi connectivity index (χ4v) is 3.58. The summed E-state index contributed by atoms with van der Waals surface area (Å²) in [5.41, 5.74) is 2.72. The Morgan fingerprint density at radius 2 is 1.86 bits per heavy atom. The van der Waals surface area contributed by atoms with E-state index in [1.807, 2.05) is 49.4 Å². The lowest BCUT2D eigenvalue weighted by atomic mass is 9.95. The van der Waals surface area contributed by atoms with Gasteiger partial charge >= 0.3 is 0 Å². The number of nitrogens with zero attached hydrogens (tertiary/aromatic N) is 2. The molecule has 6 heteroatoms. The van der Waals surface area contributed by atoms with Crippen LogP contribution in [0, 0.1) is 6.92 Å². The van der Waals surface area contributed by atoms with Gasteiger partial charge in [-0.1, -0.05) is 66.4 Å². The van der Waals surface area contributed by atoms with Crippen LogP contribution < -0.4 is 10.1 Å². The summed E-state index contributed by atoms with van der Waals surface area (Å²) < 4.78 is 11.2. The summed E-state index contributed by atoms with van der Waals surface area (Å²) in [5, 5.41) is 7.15. The van der Waals surface area contributed by atoms with Gasteiger partial charge in [0.1, 0.15) is 5.75 Å². The number of carbonyl (C=O) groups is 1. The molecule has 0 saturated heterocycles. The van der Waals surface area contributed by atoms with Gasteiger partial charge in [0, 0.05) is 11.6 Å². The number of para-hydroxylation sites is 1. The van der Waals surface area contributed by atoms with Crippen molar-refractivity contribution in [1.29, 1.82) is 0 Å². The first-order valence-corrected chi connectivity index (χ1v) is 10.1. The third-order valence-corrected chi connectivity index (χ3v) is 5.18. The molecule has 1 amide bonds. The maximum atomic E-state index is 12.3. The lowest BCUT2D eigenvalue weighted by Crippen LogP contribution is -2.39. The quantitative estimate of drug-likeness (QED) is 0.667. The number of carbonyl (C=O) groups excluding carboxylic acids is 1. The van der Waals surface area contributed by atoms with Crippen molar-refractivity contribution < 1.29 is 14.1 Å². The SMILES string of the molecule is Cc1ccc(-c2noc(-c3ccccc3OCC(=O)NC3CCCCC3)n2)cc1. The van der Waals surface area contributed by atoms with Gasteiger partial charge in [-0.2, -0.15) is 4.98 Å². The molecule has 1 aliphatic carbocycles. The molecular formula is C23H25N3O3. The highest BCUT2D eigenvalue weighted by molar-refractivity contribution is 5.78. The van der Waals surface area contributed by atoms with Crippen molar-refractivity contribution in [3.8, 4) is 28.6 Å². The van der Waals surface area contributed by atoms with Crippen LogP contribution in [0.3, 0.4) is 0 Å². The van der Waals surface area contributed by atoms with Crippen LogP contribution in [-0.4, -0.2) is 28.7 Å². The average Bonchev–Trinajstić information content (AvgIpc) is 3.24. The molecule has 1 aliphatic rings. The van der Waals surface area contributed by atoms with Gasteiger partial charge < -0.3 is 14.6 Å². The van der Waals surface area contributed by atoms with Crippen molar-refractivity contribution >= 4 is 5.91 Å². The zero-order valence-corrected chi connectivity index (χ0v) is 16.6. The molecule has 3 aromatic rings. The second-order valence-electron chi connectivity index (χ2n) is 7.48. The maximum absolute atomic E-state index is 12.3. The van der Waals surface area contributed by atoms with E-state index in [0.29, 0.717) is 23.0 Å². The van der Waals surface area contributed by atoms with E-state index in [2.05, 4.69) is 15.5 Å². The number of hydrogen-bond acceptors (Lipinski definition) is 5. The normalized spacial score (nSPS) is 14.5. The number of ether oxygens (including phenoxy) is 1. The van der Waals surface area contributed by atoms with E-state index in [-0.39, 0.29) is 18.6 Å². The van der Waals surface area contributed by atoms with E-state index in [4.69, 9.17) is 9.26 Å². The first kappa shape index (κ1) is 19.2. The molecule has 0 atom stereocenters. The summed E-state index contributed by atoms with van der Waals surface area (Å²) in [6.07, 6.45) is 5.70. The molecule has 6 nitrogen and oxygen atoms in total. The summed E-state index contributed by atoms with van der Waals surface area (Å²) in [7, 11) is 0. The number of benzene rings is 2. The van der Waals surface area contributed by atoms with E-state index in [9.17, 15) is 4.79 Å². The van der Waals surface area contributed by atoms with Gasteiger partial charge in [-0.05, 0) is 31.9 Å². The first-order chi connectivity index (χ1) is 14.2. The van der Waals surface area contributed by atoms with E-state index in [1.165, 1.54) is 24.8 Å². The van der Waals surface area contributed by atoms with Crippen LogP contribution in [0.5, 0.6) is 5.75 Å². The Kier molecular flexibility index (Phi) is 5.89. The van der Waals surface area contributed by atoms with Crippen LogP contribution >= 0.6 is 0 Å². The Morgan fingerprint density at radius 1 is 1.10 bits per heavy atom. The van der Waals surface area contributed by atoms with Crippen molar-refractivity contribution in [2.75, 3.05) is 6.61 Å². The third kappa shape index (κ3) is 4.83. The molecule has 0 bridgehead atoms. The van der Waals surface area contributed by atoms with Gasteiger partial charge in [0.05, 0.1) is 5.56 Å². The Hall–Kier alpha value is -3.15. The van der Waals surface area contributed by atoms with E-state index in [1.54, 1.807) is 6.07 Å². The summed E-state index contributed by atoms with van der Waals surface area (Å²) in [6, 6.07) is 15.6. The van der Waals surface area contributed by atoms with Crippen molar-refractivity contribution in [2.24, 2.45) is 0 Å². The fourth-order valence-electron chi connectivity index (χ4n) is 3.58. The largest absolute Gasteiger partial charge is 0.483 e. The van der Waals surface area contributed by atoms with Crippen molar-refractivity contribution in [2.45, 2.75) is 45.1 Å². The van der Waals surface area contributed by atoms with Crippen molar-refractivity contribution in [3.63, 3.8) is 0 Å². The number of rotatable bonds is 6. The molecule has 0 aliphatic heterocycles. The molecule has 1 saturated carbocycles. The Balaban J connectivity index is 1.44. The Labute approximate surface area is 170 Å². The highest BCUT2D eigenvalue weighted by Gasteiger charge is 2.18. The van der Waals surface area contributed by atoms with Gasteiger partial charge in [-0.3, -0.25) is 4.79 Å². The highest BCUT2D eigenvalue weighted by atomic mass is 16.5. The second kappa shape index (κ2) is 8.90. The number of amides is 1. The van der Waals surface area contributed by atoms with E-state index < -0.39 is 0 Å². The molecule has 2 aromatic carbocycles. The molecular weight excluding hydrogens is 366 g/mol. The van der Waals surface area contributed by atoms with Crippen LogP contribution in [0.25, 0.3) is 22.8 Å². The van der Waals surface area contributed by atoms with Crippen LogP contribution in [0.15, 0.2) is 53.1 Å². The minimum absolute atomic E-state index is 0.0352. The lowest BCUT2D eigenvalue weighted by molar-refractivity contribution is -0.124. The van der Waals surface area contributed by atoms with Gasteiger partial charge in [0.2, 0.25) is 5.82 Å². The maximum Gasteiger partial charge on any atom is 0.262 e. The summed E-state index contributed by atoms with van der Waals surface area (Å²) >= 11 is 0. The van der Waals surface area contributed by atoms with Crippen LogP contribution in [-0.2, 0) is 4.79 Å². The fraction of sp³-hybridized carbons (Fsp3) is 0.348. The Morgan fingerprint density at radius 3 is 2.66 bits per heavy atom. The molecule has 150 valence electrons. The molecule has 0 unspecified atom stereocenters. The van der Waals surface area contributed by atoms with Crippen molar-refractivity contribution in [1.82, 2.24) is 15.5 Å². The van der Waals surface area contributed by atoms with Gasteiger partial charge in [0.15, 0.2) is 6.61 Å². The molecule has 1 aromatic heterocycles. The van der Waals surface area contributed by atoms with Crippen LogP contribution in [0.4, 0.5) is 0 Å². The molecule has 0 spiro atoms. The average molecular weight is 391 g/mol. The summed E-state index contributed by atoms with van der Waals surface area (Å²) in [4.78, 5) is 16.8. The third-order valence-electron chi connectivity index (χ3n) is 5.18. The van der Waals surface area contributed by atoms with E-state index in [0.717, 1.165) is 18.4 Å². The van der Waals surface area contributed by atoms with Crippen LogP contribution in [0.2, 0.25) is 0 Å². The monoisotopic (exact) mass is 391 g/mol. The van der Waals surface area contributed by atoms with Crippen molar-refractivity contribution in [3.05, 3.63) is 54.1 Å². The predicted octanol–water partition coefficient (Wildman–Crippen LogP) is 4.54. The van der Waals surface area contributed by atoms with Crippen LogP contribution in [0.1, 0.15) is 37.7 Å². The second-order valence-corrected chi connectivity index (χ2v) is 7.48. The number of nitrogens with one attached hydrogen (secondary N) is 1. The topological polar surface area (TPSA) is 77.2 Å². The standard InChI is InChI=1S/C23H25N3O3/c1-16-11-13-17(14-12-16)22-25-23(29-26-22)19-9-5-6-10-20(19)28-15-21(27)24-18-7-3-2-4-8-18/h5-6,9-14,18H,2-4,7-8,15H2,1H3,(H,24,27). The van der Waals surface area contributed by atoms with E-state index >= 15 is 0 Å². The minimum atomic E-state index is -0.0995. The predicted molar refractivity (Wildman–Crippen MR) is 110 cm³/mol. The molecule has 0 radical (unpaired) electrons. The number of hydrogen-bond donors (Lipinski definition) is 1. The number of aromatic nitrogens is 2. The van der Waals surface area contributed by atoms with Gasteiger partial charge in [-0.15, -0.1) is 0 Å². The van der Waals surface area contributed by atoms with Gasteiger partial charge in [0.25, 0.3) is 11.8 Å². The molecule has 4 rings (SSSR count). The molecule has 1 heterocycles.